The van der Waals surface area contributed by atoms with Crippen molar-refractivity contribution in [3.05, 3.63) is 95.9 Å². The molecule has 13 heteroatoms. The molecule has 4 rings (SSSR count). The summed E-state index contributed by atoms with van der Waals surface area (Å²) in [5.74, 6) is -1.19. The molecule has 1 aliphatic rings. The zero-order valence-electron chi connectivity index (χ0n) is 20.1. The third-order valence-electron chi connectivity index (χ3n) is 5.43. The average Bonchev–Trinajstić information content (AvgIpc) is 2.87. The van der Waals surface area contributed by atoms with E-state index in [9.17, 15) is 24.5 Å². The van der Waals surface area contributed by atoms with E-state index < -0.39 is 22.8 Å². The molecule has 39 heavy (non-hydrogen) atoms. The van der Waals surface area contributed by atoms with E-state index in [1.54, 1.807) is 37.3 Å². The van der Waals surface area contributed by atoms with Gasteiger partial charge in [0.1, 0.15) is 12.2 Å². The van der Waals surface area contributed by atoms with E-state index in [4.69, 9.17) is 32.7 Å². The minimum absolute atomic E-state index is 0.0640. The summed E-state index contributed by atoms with van der Waals surface area (Å²) < 4.78 is 12.1. The van der Waals surface area contributed by atoms with Gasteiger partial charge in [-0.2, -0.15) is 0 Å². The third kappa shape index (κ3) is 6.22. The van der Waals surface area contributed by atoms with E-state index in [-0.39, 0.29) is 23.6 Å². The first-order valence-corrected chi connectivity index (χ1v) is 12.8. The van der Waals surface area contributed by atoms with E-state index in [0.717, 1.165) is 6.07 Å². The second-order valence-corrected chi connectivity index (χ2v) is 9.72. The fraction of sp³-hybridized carbons (Fsp3) is 0.115. The fourth-order valence-electron chi connectivity index (χ4n) is 3.67. The Kier molecular flexibility index (Phi) is 8.54. The Labute approximate surface area is 240 Å². The first-order chi connectivity index (χ1) is 18.6. The van der Waals surface area contributed by atoms with Gasteiger partial charge in [0.05, 0.1) is 21.7 Å². The Morgan fingerprint density at radius 3 is 2.54 bits per heavy atom. The van der Waals surface area contributed by atoms with E-state index >= 15 is 0 Å². The first kappa shape index (κ1) is 28.1. The van der Waals surface area contributed by atoms with Crippen LogP contribution in [0.1, 0.15) is 18.1 Å². The van der Waals surface area contributed by atoms with Crippen LogP contribution in [0.3, 0.4) is 0 Å². The zero-order valence-corrected chi connectivity index (χ0v) is 23.2. The lowest BCUT2D eigenvalue weighted by molar-refractivity contribution is -0.384. The number of ether oxygens (including phenoxy) is 2. The number of nitro benzene ring substituents is 1. The van der Waals surface area contributed by atoms with Gasteiger partial charge in [0, 0.05) is 27.7 Å². The quantitative estimate of drug-likeness (QED) is 0.133. The van der Waals surface area contributed by atoms with Crippen molar-refractivity contribution >= 4 is 74.4 Å². The number of hydrogen-bond donors (Lipinski definition) is 1. The second kappa shape index (κ2) is 11.9. The van der Waals surface area contributed by atoms with E-state index in [1.165, 1.54) is 24.3 Å². The van der Waals surface area contributed by atoms with Crippen molar-refractivity contribution in [2.45, 2.75) is 13.5 Å². The molecule has 1 N–H and O–H groups in total. The number of carbonyl (C=O) groups excluding carboxylic acids is 3. The van der Waals surface area contributed by atoms with Crippen LogP contribution in [0.2, 0.25) is 10.0 Å². The van der Waals surface area contributed by atoms with E-state index in [1.807, 2.05) is 0 Å². The van der Waals surface area contributed by atoms with Gasteiger partial charge in [0.2, 0.25) is 0 Å². The maximum absolute atomic E-state index is 13.2. The summed E-state index contributed by atoms with van der Waals surface area (Å²) in [4.78, 5) is 49.5. The van der Waals surface area contributed by atoms with Crippen LogP contribution >= 0.6 is 39.1 Å². The number of carbonyl (C=O) groups is 3. The maximum Gasteiger partial charge on any atom is 0.335 e. The Bertz CT molecular complexity index is 1540. The topological polar surface area (TPSA) is 128 Å². The molecule has 3 aromatic rings. The number of halogens is 3. The van der Waals surface area contributed by atoms with Crippen molar-refractivity contribution in [1.82, 2.24) is 5.32 Å². The molecule has 0 atom stereocenters. The third-order valence-corrected chi connectivity index (χ3v) is 6.61. The fourth-order valence-corrected chi connectivity index (χ4v) is 4.70. The number of imide groups is 2. The highest BCUT2D eigenvalue weighted by molar-refractivity contribution is 9.10. The highest BCUT2D eigenvalue weighted by atomic mass is 79.9. The summed E-state index contributed by atoms with van der Waals surface area (Å²) in [5, 5.41) is 14.2. The first-order valence-electron chi connectivity index (χ1n) is 11.3. The lowest BCUT2D eigenvalue weighted by Crippen LogP contribution is -2.54. The summed E-state index contributed by atoms with van der Waals surface area (Å²) in [5.41, 5.74) is 0.324. The molecule has 10 nitrogen and oxygen atoms in total. The summed E-state index contributed by atoms with van der Waals surface area (Å²) in [6, 6.07) is 12.1. The Morgan fingerprint density at radius 2 is 1.85 bits per heavy atom. The molecule has 200 valence electrons. The summed E-state index contributed by atoms with van der Waals surface area (Å²) in [6.45, 7) is 2.18. The molecule has 0 unspecified atom stereocenters. The number of amides is 4. The molecule has 0 saturated carbocycles. The number of benzene rings is 3. The van der Waals surface area contributed by atoms with E-state index in [2.05, 4.69) is 21.2 Å². The molecule has 0 aromatic heterocycles. The SMILES string of the molecule is CCOc1cc(/C=C2\C(=O)NC(=O)N(c3cccc([N+](=O)[O-])c3)C2=O)cc(Br)c1OCc1ccc(Cl)cc1Cl. The standard InChI is InChI=1S/C26H18BrCl2N3O7/c1-2-38-22-10-14(9-20(27)23(22)39-13-15-6-7-16(28)11-21(15)29)8-19-24(33)30-26(35)31(25(19)34)17-4-3-5-18(12-17)32(36)37/h3-12H,2,13H2,1H3,(H,30,33,35)/b19-8+. The number of rotatable bonds is 8. The Hall–Kier alpha value is -3.93. The monoisotopic (exact) mass is 633 g/mol. The number of barbiturate groups is 1. The minimum atomic E-state index is -1.02. The smallest absolute Gasteiger partial charge is 0.335 e. The second-order valence-electron chi connectivity index (χ2n) is 8.02. The summed E-state index contributed by atoms with van der Waals surface area (Å²) >= 11 is 15.6. The number of non-ortho nitro benzene ring substituents is 1. The maximum atomic E-state index is 13.2. The molecule has 0 radical (unpaired) electrons. The summed E-state index contributed by atoms with van der Waals surface area (Å²) in [7, 11) is 0. The van der Waals surface area contributed by atoms with Crippen LogP contribution in [0.5, 0.6) is 11.5 Å². The molecular formula is C26H18BrCl2N3O7. The predicted octanol–water partition coefficient (Wildman–Crippen LogP) is 6.31. The molecule has 1 aliphatic heterocycles. The minimum Gasteiger partial charge on any atom is -0.490 e. The van der Waals surface area contributed by atoms with Gasteiger partial charge in [0.15, 0.2) is 11.5 Å². The van der Waals surface area contributed by atoms with Crippen molar-refractivity contribution in [2.24, 2.45) is 0 Å². The molecule has 1 fully saturated rings. The van der Waals surface area contributed by atoms with Gasteiger partial charge < -0.3 is 9.47 Å². The number of nitrogens with one attached hydrogen (secondary N) is 1. The van der Waals surface area contributed by atoms with Gasteiger partial charge in [-0.15, -0.1) is 0 Å². The molecule has 0 bridgehead atoms. The van der Waals surface area contributed by atoms with Crippen LogP contribution in [0.25, 0.3) is 6.08 Å². The van der Waals surface area contributed by atoms with Gasteiger partial charge in [-0.3, -0.25) is 25.0 Å². The van der Waals surface area contributed by atoms with Crippen molar-refractivity contribution < 1.29 is 28.8 Å². The van der Waals surface area contributed by atoms with Gasteiger partial charge in [-0.1, -0.05) is 35.3 Å². The highest BCUT2D eigenvalue weighted by Gasteiger charge is 2.37. The molecule has 1 heterocycles. The lowest BCUT2D eigenvalue weighted by atomic mass is 10.1. The Balaban J connectivity index is 1.67. The van der Waals surface area contributed by atoms with Crippen molar-refractivity contribution in [3.8, 4) is 11.5 Å². The molecule has 0 aliphatic carbocycles. The van der Waals surface area contributed by atoms with Crippen molar-refractivity contribution in [2.75, 3.05) is 11.5 Å². The highest BCUT2D eigenvalue weighted by Crippen LogP contribution is 2.39. The lowest BCUT2D eigenvalue weighted by Gasteiger charge is -2.26. The van der Waals surface area contributed by atoms with Crippen LogP contribution in [0.15, 0.2) is 64.6 Å². The number of urea groups is 1. The van der Waals surface area contributed by atoms with Crippen LogP contribution in [-0.2, 0) is 16.2 Å². The van der Waals surface area contributed by atoms with Gasteiger partial charge >= 0.3 is 6.03 Å². The molecule has 0 spiro atoms. The van der Waals surface area contributed by atoms with Crippen LogP contribution in [-0.4, -0.2) is 29.4 Å². The van der Waals surface area contributed by atoms with Gasteiger partial charge in [0.25, 0.3) is 17.5 Å². The predicted molar refractivity (Wildman–Crippen MR) is 148 cm³/mol. The molecule has 1 saturated heterocycles. The molecule has 3 aromatic carbocycles. The van der Waals surface area contributed by atoms with Crippen LogP contribution < -0.4 is 19.7 Å². The van der Waals surface area contributed by atoms with Gasteiger partial charge in [-0.05, 0) is 64.8 Å². The number of anilines is 1. The average molecular weight is 635 g/mol. The zero-order chi connectivity index (χ0) is 28.3. The normalized spacial score (nSPS) is 14.4. The molecular weight excluding hydrogens is 617 g/mol. The number of nitro groups is 1. The number of hydrogen-bond acceptors (Lipinski definition) is 7. The van der Waals surface area contributed by atoms with Crippen molar-refractivity contribution in [1.29, 1.82) is 0 Å². The molecule has 4 amide bonds. The largest absolute Gasteiger partial charge is 0.490 e. The van der Waals surface area contributed by atoms with Gasteiger partial charge in [-0.25, -0.2) is 9.69 Å². The number of nitrogens with zero attached hydrogens (tertiary/aromatic N) is 2. The van der Waals surface area contributed by atoms with Crippen LogP contribution in [0, 0.1) is 10.1 Å². The Morgan fingerprint density at radius 1 is 1.08 bits per heavy atom. The van der Waals surface area contributed by atoms with E-state index in [0.29, 0.717) is 48.7 Å². The van der Waals surface area contributed by atoms with Crippen molar-refractivity contribution in [3.63, 3.8) is 0 Å². The summed E-state index contributed by atoms with van der Waals surface area (Å²) in [6.07, 6.45) is 1.28. The van der Waals surface area contributed by atoms with Crippen LogP contribution in [0.4, 0.5) is 16.2 Å².